The van der Waals surface area contributed by atoms with E-state index in [2.05, 4.69) is 4.98 Å². The summed E-state index contributed by atoms with van der Waals surface area (Å²) in [6.07, 6.45) is 3.18. The number of sulfonamides is 1. The van der Waals surface area contributed by atoms with Crippen molar-refractivity contribution in [3.8, 4) is 0 Å². The van der Waals surface area contributed by atoms with Crippen molar-refractivity contribution in [2.45, 2.75) is 24.4 Å². The second-order valence-electron chi connectivity index (χ2n) is 8.21. The average Bonchev–Trinajstić information content (AvgIpc) is 3.35. The predicted octanol–water partition coefficient (Wildman–Crippen LogP) is 2.39. The van der Waals surface area contributed by atoms with Crippen LogP contribution in [0.4, 0.5) is 0 Å². The second-order valence-corrected chi connectivity index (χ2v) is 10.4. The Hall–Kier alpha value is -3.63. The number of aryl methyl sites for hydroxylation is 1. The van der Waals surface area contributed by atoms with Gasteiger partial charge >= 0.3 is 0 Å². The summed E-state index contributed by atoms with van der Waals surface area (Å²) in [5.74, 6) is -2.63. The topological polar surface area (TPSA) is 118 Å². The molecule has 3 aromatic rings. The van der Waals surface area contributed by atoms with Crippen molar-refractivity contribution in [2.75, 3.05) is 14.1 Å². The van der Waals surface area contributed by atoms with E-state index in [1.54, 1.807) is 43.6 Å². The van der Waals surface area contributed by atoms with Crippen molar-refractivity contribution in [3.05, 3.63) is 83.6 Å². The second kappa shape index (κ2) is 8.96. The highest BCUT2D eigenvalue weighted by Gasteiger charge is 2.53. The first-order chi connectivity index (χ1) is 16.1. The molecule has 1 aromatic carbocycles. The maximum absolute atomic E-state index is 13.5. The normalized spacial score (nSPS) is 18.6. The van der Waals surface area contributed by atoms with Crippen LogP contribution >= 0.6 is 0 Å². The van der Waals surface area contributed by atoms with Crippen LogP contribution in [0, 0.1) is 12.8 Å². The molecule has 2 aromatic heterocycles. The summed E-state index contributed by atoms with van der Waals surface area (Å²) in [7, 11) is -0.867. The molecular weight excluding hydrogens is 458 g/mol. The van der Waals surface area contributed by atoms with Gasteiger partial charge in [0.25, 0.3) is 5.91 Å². The van der Waals surface area contributed by atoms with Gasteiger partial charge in [0.1, 0.15) is 23.5 Å². The van der Waals surface area contributed by atoms with Gasteiger partial charge in [-0.1, -0.05) is 18.2 Å². The Morgan fingerprint density at radius 3 is 2.35 bits per heavy atom. The van der Waals surface area contributed by atoms with E-state index in [4.69, 9.17) is 4.42 Å². The Kier molecular flexibility index (Phi) is 6.20. The van der Waals surface area contributed by atoms with Crippen LogP contribution in [0.5, 0.6) is 0 Å². The number of benzene rings is 1. The fourth-order valence-corrected chi connectivity index (χ4v) is 4.86. The molecule has 2 unspecified atom stereocenters. The highest BCUT2D eigenvalue weighted by Crippen LogP contribution is 2.40. The molecule has 10 heteroatoms. The van der Waals surface area contributed by atoms with E-state index in [-0.39, 0.29) is 17.0 Å². The molecule has 34 heavy (non-hydrogen) atoms. The van der Waals surface area contributed by atoms with Gasteiger partial charge in [0.2, 0.25) is 15.8 Å². The Labute approximate surface area is 197 Å². The Balaban J connectivity index is 1.72. The van der Waals surface area contributed by atoms with Crippen LogP contribution in [0.25, 0.3) is 0 Å². The summed E-state index contributed by atoms with van der Waals surface area (Å²) in [5.41, 5.74) is 0.823. The van der Waals surface area contributed by atoms with Gasteiger partial charge in [0.05, 0.1) is 4.90 Å². The van der Waals surface area contributed by atoms with Gasteiger partial charge in [-0.2, -0.15) is 0 Å². The van der Waals surface area contributed by atoms with Gasteiger partial charge in [-0.15, -0.1) is 0 Å². The van der Waals surface area contributed by atoms with Crippen molar-refractivity contribution >= 4 is 27.5 Å². The number of carbonyl (C=O) groups is 3. The number of nitrogens with zero attached hydrogens (tertiary/aromatic N) is 3. The molecule has 1 saturated heterocycles. The molecule has 0 N–H and O–H groups in total. The number of pyridine rings is 1. The first-order valence-corrected chi connectivity index (χ1v) is 11.9. The number of furan rings is 1. The van der Waals surface area contributed by atoms with E-state index >= 15 is 0 Å². The lowest BCUT2D eigenvalue weighted by atomic mass is 9.88. The predicted molar refractivity (Wildman–Crippen MR) is 121 cm³/mol. The Morgan fingerprint density at radius 1 is 1.09 bits per heavy atom. The zero-order chi connectivity index (χ0) is 24.6. The summed E-state index contributed by atoms with van der Waals surface area (Å²) in [6, 6.07) is 11.2. The van der Waals surface area contributed by atoms with Crippen LogP contribution in [-0.2, 0) is 26.2 Å². The van der Waals surface area contributed by atoms with E-state index in [9.17, 15) is 22.8 Å². The largest absolute Gasteiger partial charge is 0.464 e. The number of amides is 1. The van der Waals surface area contributed by atoms with Crippen LogP contribution in [-0.4, -0.2) is 54.2 Å². The molecule has 0 bridgehead atoms. The lowest BCUT2D eigenvalue weighted by Crippen LogP contribution is -2.30. The van der Waals surface area contributed by atoms with Crippen molar-refractivity contribution in [1.82, 2.24) is 14.2 Å². The molecule has 9 nitrogen and oxygen atoms in total. The molecule has 0 saturated carbocycles. The SMILES string of the molecule is Cc1ccc(C2C(C(=O)c3ccc(S(=O)(=O)N(C)C)cc3)C(=O)C(=O)N2Cc2cccnc2)o1. The van der Waals surface area contributed by atoms with Crippen molar-refractivity contribution < 1.29 is 27.2 Å². The minimum absolute atomic E-state index is 0.0132. The average molecular weight is 482 g/mol. The number of hydrogen-bond donors (Lipinski definition) is 0. The molecule has 4 rings (SSSR count). The maximum atomic E-state index is 13.5. The molecule has 0 radical (unpaired) electrons. The number of hydrogen-bond acceptors (Lipinski definition) is 7. The standard InChI is InChI=1S/C24H23N3O6S/c1-15-6-11-19(33-15)21-20(23(29)24(30)27(21)14-16-5-4-12-25-13-16)22(28)17-7-9-18(10-8-17)34(31,32)26(2)3/h4-13,20-21H,14H2,1-3H3. The Morgan fingerprint density at radius 2 is 1.79 bits per heavy atom. The molecule has 1 aliphatic rings. The molecule has 0 spiro atoms. The van der Waals surface area contributed by atoms with Crippen LogP contribution in [0.2, 0.25) is 0 Å². The molecular formula is C24H23N3O6S. The van der Waals surface area contributed by atoms with Crippen LogP contribution < -0.4 is 0 Å². The number of rotatable bonds is 7. The maximum Gasteiger partial charge on any atom is 0.291 e. The van der Waals surface area contributed by atoms with Gasteiger partial charge < -0.3 is 9.32 Å². The summed E-state index contributed by atoms with van der Waals surface area (Å²) < 4.78 is 31.5. The Bertz CT molecular complexity index is 1350. The van der Waals surface area contributed by atoms with Crippen LogP contribution in [0.15, 0.2) is 70.2 Å². The monoisotopic (exact) mass is 481 g/mol. The number of likely N-dealkylation sites (tertiary alicyclic amines) is 1. The number of Topliss-reactive ketones (excluding diaryl/α,β-unsaturated/α-hetero) is 2. The smallest absolute Gasteiger partial charge is 0.291 e. The summed E-state index contributed by atoms with van der Waals surface area (Å²) in [5, 5.41) is 0. The van der Waals surface area contributed by atoms with Crippen molar-refractivity contribution in [2.24, 2.45) is 5.92 Å². The number of carbonyl (C=O) groups excluding carboxylic acids is 3. The molecule has 0 aliphatic carbocycles. The van der Waals surface area contributed by atoms with E-state index in [1.807, 2.05) is 0 Å². The lowest BCUT2D eigenvalue weighted by Gasteiger charge is -2.25. The van der Waals surface area contributed by atoms with Gasteiger partial charge in [-0.3, -0.25) is 19.4 Å². The third kappa shape index (κ3) is 4.17. The van der Waals surface area contributed by atoms with E-state index in [1.165, 1.54) is 43.3 Å². The zero-order valence-corrected chi connectivity index (χ0v) is 19.7. The quantitative estimate of drug-likeness (QED) is 0.289. The summed E-state index contributed by atoms with van der Waals surface area (Å²) in [6.45, 7) is 1.81. The fraction of sp³-hybridized carbons (Fsp3) is 0.250. The van der Waals surface area contributed by atoms with Gasteiger partial charge in [0, 0.05) is 38.6 Å². The minimum atomic E-state index is -3.68. The number of aromatic nitrogens is 1. The van der Waals surface area contributed by atoms with Gasteiger partial charge in [-0.25, -0.2) is 12.7 Å². The highest BCUT2D eigenvalue weighted by atomic mass is 32.2. The molecule has 1 fully saturated rings. The third-order valence-electron chi connectivity index (χ3n) is 5.73. The van der Waals surface area contributed by atoms with Gasteiger partial charge in [-0.05, 0) is 42.8 Å². The third-order valence-corrected chi connectivity index (χ3v) is 7.56. The molecule has 2 atom stereocenters. The molecule has 176 valence electrons. The molecule has 1 aliphatic heterocycles. The van der Waals surface area contributed by atoms with E-state index < -0.39 is 39.5 Å². The van der Waals surface area contributed by atoms with E-state index in [0.717, 1.165) is 4.31 Å². The fourth-order valence-electron chi connectivity index (χ4n) is 3.96. The number of ketones is 2. The van der Waals surface area contributed by atoms with E-state index in [0.29, 0.717) is 17.1 Å². The zero-order valence-electron chi connectivity index (χ0n) is 18.8. The van der Waals surface area contributed by atoms with Crippen LogP contribution in [0.3, 0.4) is 0 Å². The van der Waals surface area contributed by atoms with Gasteiger partial charge in [0.15, 0.2) is 5.78 Å². The highest BCUT2D eigenvalue weighted by molar-refractivity contribution is 7.89. The first-order valence-electron chi connectivity index (χ1n) is 10.5. The first kappa shape index (κ1) is 23.5. The minimum Gasteiger partial charge on any atom is -0.464 e. The summed E-state index contributed by atoms with van der Waals surface area (Å²) >= 11 is 0. The molecule has 1 amide bonds. The van der Waals surface area contributed by atoms with Crippen LogP contribution in [0.1, 0.15) is 33.5 Å². The lowest BCUT2D eigenvalue weighted by molar-refractivity contribution is -0.141. The van der Waals surface area contributed by atoms with Crippen molar-refractivity contribution in [1.29, 1.82) is 0 Å². The molecule has 3 heterocycles. The summed E-state index contributed by atoms with van der Waals surface area (Å²) in [4.78, 5) is 44.9. The van der Waals surface area contributed by atoms with Crippen molar-refractivity contribution in [3.63, 3.8) is 0 Å².